The number of carbonyl (C=O) groups excluding carboxylic acids is 1. The summed E-state index contributed by atoms with van der Waals surface area (Å²) in [5.41, 5.74) is 1.08. The predicted molar refractivity (Wildman–Crippen MR) is 86.9 cm³/mol. The van der Waals surface area contributed by atoms with Gasteiger partial charge in [0.1, 0.15) is 0 Å². The van der Waals surface area contributed by atoms with Gasteiger partial charge in [-0.15, -0.1) is 0 Å². The standard InChI is InChI=1S/C13H15Cl2IN2O/c14-10-7-9(12(16)8-11(10)15)1-2-13(19)18-5-3-17-4-6-18/h7-8,17H,1-6H2. The van der Waals surface area contributed by atoms with E-state index in [-0.39, 0.29) is 5.91 Å². The number of hydrogen-bond donors (Lipinski definition) is 1. The molecule has 1 fully saturated rings. The first-order chi connectivity index (χ1) is 9.08. The number of piperazine rings is 1. The highest BCUT2D eigenvalue weighted by atomic mass is 127. The van der Waals surface area contributed by atoms with Crippen LogP contribution in [0.5, 0.6) is 0 Å². The summed E-state index contributed by atoms with van der Waals surface area (Å²) in [6.45, 7) is 3.38. The normalized spacial score (nSPS) is 15.6. The van der Waals surface area contributed by atoms with Crippen molar-refractivity contribution >= 4 is 51.7 Å². The van der Waals surface area contributed by atoms with Gasteiger partial charge >= 0.3 is 0 Å². The lowest BCUT2D eigenvalue weighted by atomic mass is 10.1. The topological polar surface area (TPSA) is 32.3 Å². The second-order valence-corrected chi connectivity index (χ2v) is 6.47. The Hall–Kier alpha value is -0.0400. The molecule has 2 rings (SSSR count). The molecule has 0 radical (unpaired) electrons. The molecule has 1 saturated heterocycles. The second-order valence-electron chi connectivity index (χ2n) is 4.49. The molecule has 1 amide bonds. The fourth-order valence-corrected chi connectivity index (χ4v) is 3.34. The van der Waals surface area contributed by atoms with Gasteiger partial charge in [0, 0.05) is 36.2 Å². The third kappa shape index (κ3) is 4.21. The van der Waals surface area contributed by atoms with Crippen molar-refractivity contribution in [2.24, 2.45) is 0 Å². The smallest absolute Gasteiger partial charge is 0.222 e. The molecule has 1 aromatic carbocycles. The van der Waals surface area contributed by atoms with Crippen LogP contribution in [0.4, 0.5) is 0 Å². The Morgan fingerprint density at radius 2 is 1.89 bits per heavy atom. The van der Waals surface area contributed by atoms with Crippen molar-refractivity contribution in [1.29, 1.82) is 0 Å². The quantitative estimate of drug-likeness (QED) is 0.611. The van der Waals surface area contributed by atoms with E-state index in [0.717, 1.165) is 35.3 Å². The molecule has 104 valence electrons. The van der Waals surface area contributed by atoms with Gasteiger partial charge < -0.3 is 10.2 Å². The van der Waals surface area contributed by atoms with E-state index in [1.54, 1.807) is 0 Å². The molecule has 0 unspecified atom stereocenters. The van der Waals surface area contributed by atoms with Crippen LogP contribution in [-0.4, -0.2) is 37.0 Å². The lowest BCUT2D eigenvalue weighted by Gasteiger charge is -2.27. The van der Waals surface area contributed by atoms with E-state index in [1.807, 2.05) is 17.0 Å². The molecule has 0 spiro atoms. The summed E-state index contributed by atoms with van der Waals surface area (Å²) in [6.07, 6.45) is 1.23. The van der Waals surface area contributed by atoms with Crippen molar-refractivity contribution in [3.05, 3.63) is 31.3 Å². The molecule has 3 nitrogen and oxygen atoms in total. The fraction of sp³-hybridized carbons (Fsp3) is 0.462. The minimum Gasteiger partial charge on any atom is -0.340 e. The summed E-state index contributed by atoms with van der Waals surface area (Å²) in [6, 6.07) is 3.70. The molecule has 19 heavy (non-hydrogen) atoms. The van der Waals surface area contributed by atoms with Gasteiger partial charge in [-0.1, -0.05) is 23.2 Å². The van der Waals surface area contributed by atoms with Gasteiger partial charge in [-0.3, -0.25) is 4.79 Å². The van der Waals surface area contributed by atoms with Gasteiger partial charge in [0.15, 0.2) is 0 Å². The van der Waals surface area contributed by atoms with Crippen LogP contribution in [0.25, 0.3) is 0 Å². The van der Waals surface area contributed by atoms with Crippen LogP contribution in [0.15, 0.2) is 12.1 Å². The Balaban J connectivity index is 1.94. The first kappa shape index (κ1) is 15.4. The van der Waals surface area contributed by atoms with E-state index in [0.29, 0.717) is 22.9 Å². The van der Waals surface area contributed by atoms with Crippen LogP contribution in [0.1, 0.15) is 12.0 Å². The fourth-order valence-electron chi connectivity index (χ4n) is 2.07. The zero-order valence-corrected chi connectivity index (χ0v) is 14.1. The number of benzene rings is 1. The molecular weight excluding hydrogens is 398 g/mol. The average molecular weight is 413 g/mol. The Kier molecular flexibility index (Phi) is 5.74. The largest absolute Gasteiger partial charge is 0.340 e. The van der Waals surface area contributed by atoms with Crippen LogP contribution in [-0.2, 0) is 11.2 Å². The van der Waals surface area contributed by atoms with Crippen LogP contribution < -0.4 is 5.32 Å². The molecule has 1 N–H and O–H groups in total. The number of aryl methyl sites for hydroxylation is 1. The number of nitrogens with one attached hydrogen (secondary N) is 1. The second kappa shape index (κ2) is 7.11. The zero-order valence-electron chi connectivity index (χ0n) is 10.4. The minimum absolute atomic E-state index is 0.211. The molecule has 1 aliphatic heterocycles. The average Bonchev–Trinajstić information content (AvgIpc) is 2.42. The summed E-state index contributed by atoms with van der Waals surface area (Å²) >= 11 is 14.2. The lowest BCUT2D eigenvalue weighted by Crippen LogP contribution is -2.46. The molecule has 0 aliphatic carbocycles. The third-order valence-electron chi connectivity index (χ3n) is 3.17. The lowest BCUT2D eigenvalue weighted by molar-refractivity contribution is -0.131. The van der Waals surface area contributed by atoms with Gasteiger partial charge in [-0.25, -0.2) is 0 Å². The molecule has 1 aliphatic rings. The summed E-state index contributed by atoms with van der Waals surface area (Å²) in [4.78, 5) is 14.0. The number of nitrogens with zero attached hydrogens (tertiary/aromatic N) is 1. The molecule has 0 saturated carbocycles. The Bertz CT molecular complexity index is 476. The molecular formula is C13H15Cl2IN2O. The summed E-state index contributed by atoms with van der Waals surface area (Å²) in [5, 5.41) is 4.35. The zero-order chi connectivity index (χ0) is 13.8. The predicted octanol–water partition coefficient (Wildman–Crippen LogP) is 2.96. The Morgan fingerprint density at radius 1 is 1.26 bits per heavy atom. The van der Waals surface area contributed by atoms with Crippen LogP contribution >= 0.6 is 45.8 Å². The molecule has 1 heterocycles. The molecule has 0 atom stereocenters. The molecule has 6 heteroatoms. The van der Waals surface area contributed by atoms with E-state index in [4.69, 9.17) is 23.2 Å². The van der Waals surface area contributed by atoms with Crippen molar-refractivity contribution in [2.45, 2.75) is 12.8 Å². The third-order valence-corrected chi connectivity index (χ3v) is 4.89. The maximum Gasteiger partial charge on any atom is 0.222 e. The summed E-state index contributed by atoms with van der Waals surface area (Å²) in [5.74, 6) is 0.211. The van der Waals surface area contributed by atoms with Gasteiger partial charge in [-0.2, -0.15) is 0 Å². The van der Waals surface area contributed by atoms with Crippen molar-refractivity contribution in [2.75, 3.05) is 26.2 Å². The van der Waals surface area contributed by atoms with Crippen LogP contribution in [0.3, 0.4) is 0 Å². The Labute approximate surface area is 136 Å². The first-order valence-electron chi connectivity index (χ1n) is 6.20. The van der Waals surface area contributed by atoms with Gasteiger partial charge in [0.25, 0.3) is 0 Å². The SMILES string of the molecule is O=C(CCc1cc(Cl)c(Cl)cc1I)N1CCNCC1. The van der Waals surface area contributed by atoms with E-state index in [1.165, 1.54) is 0 Å². The van der Waals surface area contributed by atoms with Crippen LogP contribution in [0, 0.1) is 3.57 Å². The summed E-state index contributed by atoms with van der Waals surface area (Å²) < 4.78 is 1.06. The van der Waals surface area contributed by atoms with Crippen molar-refractivity contribution in [3.63, 3.8) is 0 Å². The first-order valence-corrected chi connectivity index (χ1v) is 8.03. The summed E-state index contributed by atoms with van der Waals surface area (Å²) in [7, 11) is 0. The number of hydrogen-bond acceptors (Lipinski definition) is 2. The van der Waals surface area contributed by atoms with Gasteiger partial charge in [-0.05, 0) is 46.7 Å². The van der Waals surface area contributed by atoms with Crippen molar-refractivity contribution in [3.8, 4) is 0 Å². The maximum atomic E-state index is 12.1. The number of carbonyl (C=O) groups is 1. The highest BCUT2D eigenvalue weighted by Gasteiger charge is 2.16. The van der Waals surface area contributed by atoms with Gasteiger partial charge in [0.2, 0.25) is 5.91 Å². The van der Waals surface area contributed by atoms with E-state index < -0.39 is 0 Å². The van der Waals surface area contributed by atoms with Crippen molar-refractivity contribution < 1.29 is 4.79 Å². The number of rotatable bonds is 3. The van der Waals surface area contributed by atoms with Gasteiger partial charge in [0.05, 0.1) is 10.0 Å². The molecule has 1 aromatic rings. The highest BCUT2D eigenvalue weighted by Crippen LogP contribution is 2.27. The number of halogens is 3. The number of amides is 1. The van der Waals surface area contributed by atoms with Crippen LogP contribution in [0.2, 0.25) is 10.0 Å². The monoisotopic (exact) mass is 412 g/mol. The molecule has 0 bridgehead atoms. The molecule has 0 aromatic heterocycles. The van der Waals surface area contributed by atoms with E-state index >= 15 is 0 Å². The maximum absolute atomic E-state index is 12.1. The van der Waals surface area contributed by atoms with E-state index in [9.17, 15) is 4.79 Å². The van der Waals surface area contributed by atoms with Crippen molar-refractivity contribution in [1.82, 2.24) is 10.2 Å². The Morgan fingerprint density at radius 3 is 2.58 bits per heavy atom. The minimum atomic E-state index is 0.211. The van der Waals surface area contributed by atoms with E-state index in [2.05, 4.69) is 27.9 Å². The highest BCUT2D eigenvalue weighted by molar-refractivity contribution is 14.1.